The van der Waals surface area contributed by atoms with Gasteiger partial charge in [-0.3, -0.25) is 0 Å². The molecule has 0 aliphatic carbocycles. The summed E-state index contributed by atoms with van der Waals surface area (Å²) in [7, 11) is 0. The number of fused-ring (bicyclic) bond motifs is 1. The molecule has 1 aromatic heterocycles. The fraction of sp³-hybridized carbons (Fsp3) is 0.0667. The maximum atomic E-state index is 5.25. The van der Waals surface area contributed by atoms with Gasteiger partial charge in [-0.25, -0.2) is 0 Å². The molecule has 0 atom stereocenters. The third-order valence-corrected chi connectivity index (χ3v) is 2.34. The summed E-state index contributed by atoms with van der Waals surface area (Å²) < 4.78 is 5.25. The van der Waals surface area contributed by atoms with Crippen LogP contribution >= 0.6 is 0 Å². The molecule has 0 aliphatic heterocycles. The Morgan fingerprint density at radius 1 is 0.750 bits per heavy atom. The lowest BCUT2D eigenvalue weighted by Crippen LogP contribution is -1.63. The molecule has 3 aromatic rings. The monoisotopic (exact) mass is 210 g/mol. The lowest BCUT2D eigenvalue weighted by molar-refractivity contribution is 0.613. The van der Waals surface area contributed by atoms with Gasteiger partial charge in [-0.1, -0.05) is 54.6 Å². The number of rotatable bonds is 0. The summed E-state index contributed by atoms with van der Waals surface area (Å²) in [5.41, 5.74) is 2.18. The number of aryl methyl sites for hydroxylation is 1. The van der Waals surface area contributed by atoms with Gasteiger partial charge in [0.25, 0.3) is 0 Å². The molecular formula is C15H14O. The van der Waals surface area contributed by atoms with Crippen molar-refractivity contribution >= 4 is 11.0 Å². The van der Waals surface area contributed by atoms with Gasteiger partial charge < -0.3 is 4.42 Å². The molecule has 0 unspecified atom stereocenters. The quantitative estimate of drug-likeness (QED) is 0.535. The van der Waals surface area contributed by atoms with Gasteiger partial charge in [-0.2, -0.15) is 0 Å². The summed E-state index contributed by atoms with van der Waals surface area (Å²) >= 11 is 0. The van der Waals surface area contributed by atoms with Gasteiger partial charge in [0, 0.05) is 5.39 Å². The molecule has 0 spiro atoms. The van der Waals surface area contributed by atoms with Crippen LogP contribution in [-0.2, 0) is 0 Å². The second kappa shape index (κ2) is 5.17. The Hall–Kier alpha value is -2.02. The van der Waals surface area contributed by atoms with E-state index in [1.165, 1.54) is 10.9 Å². The molecule has 0 N–H and O–H groups in total. The molecule has 1 heteroatoms. The van der Waals surface area contributed by atoms with E-state index < -0.39 is 0 Å². The van der Waals surface area contributed by atoms with E-state index in [-0.39, 0.29) is 0 Å². The van der Waals surface area contributed by atoms with Gasteiger partial charge in [-0.15, -0.1) is 0 Å². The summed E-state index contributed by atoms with van der Waals surface area (Å²) in [5.74, 6) is 0. The van der Waals surface area contributed by atoms with E-state index in [0.29, 0.717) is 0 Å². The van der Waals surface area contributed by atoms with Crippen molar-refractivity contribution < 1.29 is 4.42 Å². The first kappa shape index (κ1) is 10.5. The van der Waals surface area contributed by atoms with Crippen molar-refractivity contribution in [2.75, 3.05) is 0 Å². The van der Waals surface area contributed by atoms with Gasteiger partial charge in [0.15, 0.2) is 0 Å². The van der Waals surface area contributed by atoms with E-state index >= 15 is 0 Å². The van der Waals surface area contributed by atoms with Crippen molar-refractivity contribution in [2.24, 2.45) is 0 Å². The maximum absolute atomic E-state index is 5.25. The largest absolute Gasteiger partial charge is 0.464 e. The second-order valence-corrected chi connectivity index (χ2v) is 3.57. The van der Waals surface area contributed by atoms with Crippen molar-refractivity contribution in [1.82, 2.24) is 0 Å². The predicted molar refractivity (Wildman–Crippen MR) is 67.4 cm³/mol. The van der Waals surface area contributed by atoms with Crippen LogP contribution in [0.5, 0.6) is 0 Å². The zero-order valence-electron chi connectivity index (χ0n) is 9.26. The molecule has 0 fully saturated rings. The molecule has 2 aromatic carbocycles. The molecule has 0 amide bonds. The van der Waals surface area contributed by atoms with Crippen molar-refractivity contribution in [3.63, 3.8) is 0 Å². The highest BCUT2D eigenvalue weighted by atomic mass is 16.3. The summed E-state index contributed by atoms with van der Waals surface area (Å²) in [5, 5.41) is 1.21. The molecule has 80 valence electrons. The van der Waals surface area contributed by atoms with Crippen LogP contribution in [0.3, 0.4) is 0 Å². The molecule has 16 heavy (non-hydrogen) atoms. The van der Waals surface area contributed by atoms with E-state index in [0.717, 1.165) is 5.58 Å². The van der Waals surface area contributed by atoms with Crippen LogP contribution < -0.4 is 0 Å². The van der Waals surface area contributed by atoms with Crippen LogP contribution in [0.25, 0.3) is 11.0 Å². The highest BCUT2D eigenvalue weighted by Crippen LogP contribution is 2.18. The lowest BCUT2D eigenvalue weighted by Gasteiger charge is -1.84. The molecule has 0 radical (unpaired) electrons. The number of para-hydroxylation sites is 1. The molecule has 0 aliphatic rings. The van der Waals surface area contributed by atoms with E-state index in [4.69, 9.17) is 4.42 Å². The Morgan fingerprint density at radius 2 is 1.31 bits per heavy atom. The Balaban J connectivity index is 0.000000138. The molecular weight excluding hydrogens is 196 g/mol. The third-order valence-electron chi connectivity index (χ3n) is 2.34. The Morgan fingerprint density at radius 3 is 1.88 bits per heavy atom. The van der Waals surface area contributed by atoms with Gasteiger partial charge in [0.1, 0.15) is 5.58 Å². The lowest BCUT2D eigenvalue weighted by atomic mass is 10.2. The average Bonchev–Trinajstić information content (AvgIpc) is 2.75. The van der Waals surface area contributed by atoms with Crippen LogP contribution in [0.4, 0.5) is 0 Å². The highest BCUT2D eigenvalue weighted by molar-refractivity contribution is 5.80. The number of furan rings is 1. The van der Waals surface area contributed by atoms with Gasteiger partial charge in [-0.05, 0) is 18.6 Å². The van der Waals surface area contributed by atoms with Gasteiger partial charge in [0.05, 0.1) is 6.26 Å². The fourth-order valence-electron chi connectivity index (χ4n) is 1.50. The van der Waals surface area contributed by atoms with Crippen molar-refractivity contribution in [1.29, 1.82) is 0 Å². The van der Waals surface area contributed by atoms with Crippen LogP contribution in [0, 0.1) is 6.92 Å². The van der Waals surface area contributed by atoms with Crippen LogP contribution in [-0.4, -0.2) is 0 Å². The number of hydrogen-bond acceptors (Lipinski definition) is 1. The predicted octanol–water partition coefficient (Wildman–Crippen LogP) is 4.43. The summed E-state index contributed by atoms with van der Waals surface area (Å²) in [4.78, 5) is 0. The maximum Gasteiger partial charge on any atom is 0.134 e. The van der Waals surface area contributed by atoms with E-state index in [1.807, 2.05) is 61.5 Å². The molecule has 0 saturated heterocycles. The fourth-order valence-corrected chi connectivity index (χ4v) is 1.50. The topological polar surface area (TPSA) is 13.1 Å². The molecule has 1 nitrogen and oxygen atoms in total. The first-order chi connectivity index (χ1) is 7.88. The SMILES string of the molecule is Cc1coc2ccccc12.c1ccccc1. The standard InChI is InChI=1S/C9H8O.C6H6/c1-7-6-10-9-5-3-2-4-8(7)9;1-2-4-6-5-3-1/h2-6H,1H3;1-6H. The smallest absolute Gasteiger partial charge is 0.134 e. The number of benzene rings is 2. The van der Waals surface area contributed by atoms with Crippen LogP contribution in [0.2, 0.25) is 0 Å². The first-order valence-corrected chi connectivity index (χ1v) is 5.31. The normalized spacial score (nSPS) is 9.56. The minimum absolute atomic E-state index is 0.972. The summed E-state index contributed by atoms with van der Waals surface area (Å²) in [6.07, 6.45) is 1.78. The second-order valence-electron chi connectivity index (χ2n) is 3.57. The van der Waals surface area contributed by atoms with E-state index in [1.54, 1.807) is 6.26 Å². The zero-order chi connectivity index (χ0) is 11.2. The summed E-state index contributed by atoms with van der Waals surface area (Å²) in [6.45, 7) is 2.05. The van der Waals surface area contributed by atoms with Crippen molar-refractivity contribution in [3.05, 3.63) is 72.5 Å². The molecule has 1 heterocycles. The van der Waals surface area contributed by atoms with Crippen molar-refractivity contribution in [2.45, 2.75) is 6.92 Å². The highest BCUT2D eigenvalue weighted by Gasteiger charge is 1.97. The third kappa shape index (κ3) is 2.51. The molecule has 0 bridgehead atoms. The first-order valence-electron chi connectivity index (χ1n) is 5.31. The minimum Gasteiger partial charge on any atom is -0.464 e. The Kier molecular flexibility index (Phi) is 3.39. The van der Waals surface area contributed by atoms with Crippen molar-refractivity contribution in [3.8, 4) is 0 Å². The van der Waals surface area contributed by atoms with Gasteiger partial charge >= 0.3 is 0 Å². The summed E-state index contributed by atoms with van der Waals surface area (Å²) in [6, 6.07) is 20.0. The molecule has 3 rings (SSSR count). The average molecular weight is 210 g/mol. The van der Waals surface area contributed by atoms with E-state index in [9.17, 15) is 0 Å². The van der Waals surface area contributed by atoms with Crippen LogP contribution in [0.15, 0.2) is 71.3 Å². The minimum atomic E-state index is 0.972. The molecule has 0 saturated carbocycles. The van der Waals surface area contributed by atoms with Crippen LogP contribution in [0.1, 0.15) is 5.56 Å². The number of hydrogen-bond donors (Lipinski definition) is 0. The zero-order valence-corrected chi connectivity index (χ0v) is 9.26. The Bertz CT molecular complexity index is 511. The Labute approximate surface area is 95.3 Å². The van der Waals surface area contributed by atoms with Gasteiger partial charge in [0.2, 0.25) is 0 Å². The van der Waals surface area contributed by atoms with E-state index in [2.05, 4.69) is 6.07 Å².